The number of amides is 2. The number of piperidine rings is 1. The number of nitrogens with one attached hydrogen (secondary N) is 2. The molecule has 2 amide bonds. The summed E-state index contributed by atoms with van der Waals surface area (Å²) in [5.41, 5.74) is 1.63. The fourth-order valence-corrected chi connectivity index (χ4v) is 7.38. The van der Waals surface area contributed by atoms with Crippen LogP contribution in [0, 0.1) is 5.82 Å². The maximum Gasteiger partial charge on any atom is 0.256 e. The maximum absolute atomic E-state index is 14.5. The van der Waals surface area contributed by atoms with Crippen LogP contribution in [-0.2, 0) is 14.8 Å². The van der Waals surface area contributed by atoms with E-state index in [0.29, 0.717) is 69.2 Å². The number of rotatable bonds is 9. The minimum absolute atomic E-state index is 0.0299. The van der Waals surface area contributed by atoms with Gasteiger partial charge in [0, 0.05) is 57.4 Å². The van der Waals surface area contributed by atoms with Crippen molar-refractivity contribution in [2.75, 3.05) is 54.8 Å². The van der Waals surface area contributed by atoms with Crippen LogP contribution >= 0.6 is 0 Å². The van der Waals surface area contributed by atoms with Crippen LogP contribution in [0.15, 0.2) is 30.7 Å². The van der Waals surface area contributed by atoms with E-state index in [4.69, 9.17) is 0 Å². The van der Waals surface area contributed by atoms with Gasteiger partial charge >= 0.3 is 0 Å². The maximum atomic E-state index is 14.5. The predicted octanol–water partition coefficient (Wildman–Crippen LogP) is 2.11. The SMILES string of the molecule is CCN(C(=O)c1cc(F)ccc1N1CCN([C@@H]2CCN(C(=O)[C@@H]3CC[C@H](NS(=O)(=O)CC)CN3)C2)c2ncncc21)C(C)C. The van der Waals surface area contributed by atoms with Gasteiger partial charge in [-0.05, 0) is 65.2 Å². The summed E-state index contributed by atoms with van der Waals surface area (Å²) in [7, 11) is -3.30. The van der Waals surface area contributed by atoms with Gasteiger partial charge in [-0.1, -0.05) is 0 Å². The van der Waals surface area contributed by atoms with Gasteiger partial charge < -0.3 is 24.9 Å². The van der Waals surface area contributed by atoms with Crippen molar-refractivity contribution in [3.8, 4) is 0 Å². The molecule has 5 rings (SSSR count). The molecule has 3 atom stereocenters. The number of hydrogen-bond donors (Lipinski definition) is 2. The lowest BCUT2D eigenvalue weighted by molar-refractivity contribution is -0.133. The molecule has 1 aromatic heterocycles. The number of anilines is 3. The van der Waals surface area contributed by atoms with E-state index in [9.17, 15) is 22.4 Å². The summed E-state index contributed by atoms with van der Waals surface area (Å²) < 4.78 is 41.0. The fourth-order valence-electron chi connectivity index (χ4n) is 6.50. The molecule has 3 aliphatic heterocycles. The summed E-state index contributed by atoms with van der Waals surface area (Å²) in [6.07, 6.45) is 5.17. The van der Waals surface area contributed by atoms with E-state index in [1.165, 1.54) is 18.5 Å². The largest absolute Gasteiger partial charge is 0.348 e. The van der Waals surface area contributed by atoms with Gasteiger partial charge in [-0.3, -0.25) is 9.59 Å². The van der Waals surface area contributed by atoms with Gasteiger partial charge in [0.05, 0.1) is 29.2 Å². The molecule has 2 saturated heterocycles. The van der Waals surface area contributed by atoms with Crippen LogP contribution in [-0.4, -0.2) is 109 Å². The summed E-state index contributed by atoms with van der Waals surface area (Å²) >= 11 is 0. The highest BCUT2D eigenvalue weighted by atomic mass is 32.2. The Morgan fingerprint density at radius 3 is 2.61 bits per heavy atom. The van der Waals surface area contributed by atoms with Crippen LogP contribution in [0.1, 0.15) is 57.3 Å². The number of fused-ring (bicyclic) bond motifs is 1. The van der Waals surface area contributed by atoms with Gasteiger partial charge in [-0.25, -0.2) is 27.5 Å². The van der Waals surface area contributed by atoms with Crippen LogP contribution in [0.2, 0.25) is 0 Å². The molecule has 240 valence electrons. The van der Waals surface area contributed by atoms with E-state index >= 15 is 0 Å². The number of hydrogen-bond acceptors (Lipinski definition) is 9. The highest BCUT2D eigenvalue weighted by Crippen LogP contribution is 2.39. The number of halogens is 1. The van der Waals surface area contributed by atoms with Crippen LogP contribution in [0.3, 0.4) is 0 Å². The Morgan fingerprint density at radius 1 is 1.14 bits per heavy atom. The van der Waals surface area contributed by atoms with Gasteiger partial charge in [0.2, 0.25) is 15.9 Å². The molecule has 0 bridgehead atoms. The Morgan fingerprint density at radius 2 is 1.93 bits per heavy atom. The van der Waals surface area contributed by atoms with Crippen molar-refractivity contribution in [1.82, 2.24) is 29.8 Å². The molecule has 0 saturated carbocycles. The third-order valence-electron chi connectivity index (χ3n) is 8.86. The number of sulfonamides is 1. The average Bonchev–Trinajstić information content (AvgIpc) is 3.51. The molecule has 3 aliphatic rings. The van der Waals surface area contributed by atoms with Gasteiger partial charge in [0.15, 0.2) is 5.82 Å². The Balaban J connectivity index is 1.30. The first-order chi connectivity index (χ1) is 21.0. The Bertz CT molecular complexity index is 1470. The monoisotopic (exact) mass is 630 g/mol. The van der Waals surface area contributed by atoms with Crippen LogP contribution in [0.4, 0.5) is 21.6 Å². The molecule has 0 aliphatic carbocycles. The van der Waals surface area contributed by atoms with Crippen molar-refractivity contribution in [3.63, 3.8) is 0 Å². The van der Waals surface area contributed by atoms with Crippen molar-refractivity contribution in [1.29, 1.82) is 0 Å². The average molecular weight is 631 g/mol. The lowest BCUT2D eigenvalue weighted by Gasteiger charge is -2.41. The minimum atomic E-state index is -3.30. The normalized spacial score (nSPS) is 22.3. The smallest absolute Gasteiger partial charge is 0.256 e. The number of likely N-dealkylation sites (tertiary alicyclic amines) is 1. The second kappa shape index (κ2) is 13.3. The molecule has 4 heterocycles. The Labute approximate surface area is 259 Å². The molecular weight excluding hydrogens is 587 g/mol. The molecule has 0 radical (unpaired) electrons. The van der Waals surface area contributed by atoms with E-state index in [1.54, 1.807) is 24.1 Å². The van der Waals surface area contributed by atoms with Crippen molar-refractivity contribution in [3.05, 3.63) is 42.1 Å². The molecule has 2 fully saturated rings. The number of aromatic nitrogens is 2. The third kappa shape index (κ3) is 6.66. The first-order valence-corrected chi connectivity index (χ1v) is 17.1. The summed E-state index contributed by atoms with van der Waals surface area (Å²) in [4.78, 5) is 43.7. The first kappa shape index (κ1) is 32.0. The van der Waals surface area contributed by atoms with Crippen LogP contribution < -0.4 is 19.8 Å². The highest BCUT2D eigenvalue weighted by Gasteiger charge is 2.39. The molecule has 2 N–H and O–H groups in total. The lowest BCUT2D eigenvalue weighted by atomic mass is 10.0. The van der Waals surface area contributed by atoms with Gasteiger partial charge in [-0.15, -0.1) is 0 Å². The van der Waals surface area contributed by atoms with Crippen molar-refractivity contribution in [2.45, 2.75) is 71.1 Å². The highest BCUT2D eigenvalue weighted by molar-refractivity contribution is 7.89. The van der Waals surface area contributed by atoms with Gasteiger partial charge in [0.25, 0.3) is 5.91 Å². The topological polar surface area (TPSA) is 131 Å². The second-order valence-corrected chi connectivity index (χ2v) is 13.9. The zero-order valence-electron chi connectivity index (χ0n) is 25.9. The van der Waals surface area contributed by atoms with E-state index in [1.807, 2.05) is 30.6 Å². The Hall–Kier alpha value is -3.36. The van der Waals surface area contributed by atoms with Gasteiger partial charge in [-0.2, -0.15) is 0 Å². The first-order valence-electron chi connectivity index (χ1n) is 15.5. The quantitative estimate of drug-likeness (QED) is 0.428. The van der Waals surface area contributed by atoms with Gasteiger partial charge in [0.1, 0.15) is 17.8 Å². The molecule has 44 heavy (non-hydrogen) atoms. The van der Waals surface area contributed by atoms with Crippen molar-refractivity contribution < 1.29 is 22.4 Å². The minimum Gasteiger partial charge on any atom is -0.348 e. The summed E-state index contributed by atoms with van der Waals surface area (Å²) in [6.45, 7) is 10.6. The van der Waals surface area contributed by atoms with E-state index in [2.05, 4.69) is 24.9 Å². The van der Waals surface area contributed by atoms with Crippen molar-refractivity contribution in [2.24, 2.45) is 0 Å². The molecule has 14 heteroatoms. The number of benzene rings is 1. The lowest BCUT2D eigenvalue weighted by Crippen LogP contribution is -2.55. The summed E-state index contributed by atoms with van der Waals surface area (Å²) in [6, 6.07) is 3.78. The molecule has 2 aromatic rings. The predicted molar refractivity (Wildman–Crippen MR) is 167 cm³/mol. The molecule has 0 spiro atoms. The summed E-state index contributed by atoms with van der Waals surface area (Å²) in [5.74, 6) is 0.0775. The Kier molecular flexibility index (Phi) is 9.71. The standard InChI is InChI=1S/C30H43FN8O4S/c1-5-37(20(3)4)29(40)24-15-21(31)7-10-26(24)39-14-13-38(28-27(39)17-32-19-34-28)23-11-12-36(18-23)30(41)25-9-8-22(16-33-25)35-44(42,43)6-2/h7,10,15,17,19-20,22-23,25,33,35H,5-6,8-9,11-14,16,18H2,1-4H3/t22-,23+,25-/m0/s1. The molecule has 12 nitrogen and oxygen atoms in total. The molecule has 1 aromatic carbocycles. The molecular formula is C30H43FN8O4S. The second-order valence-electron chi connectivity index (χ2n) is 11.9. The zero-order valence-corrected chi connectivity index (χ0v) is 26.7. The fraction of sp³-hybridized carbons (Fsp3) is 0.600. The number of nitrogens with zero attached hydrogens (tertiary/aromatic N) is 6. The molecule has 0 unspecified atom stereocenters. The van der Waals surface area contributed by atoms with E-state index < -0.39 is 15.8 Å². The summed E-state index contributed by atoms with van der Waals surface area (Å²) in [5, 5.41) is 3.25. The van der Waals surface area contributed by atoms with Crippen molar-refractivity contribution >= 4 is 39.0 Å². The van der Waals surface area contributed by atoms with Crippen LogP contribution in [0.25, 0.3) is 0 Å². The number of carbonyl (C=O) groups excluding carboxylic acids is 2. The third-order valence-corrected chi connectivity index (χ3v) is 10.3. The van der Waals surface area contributed by atoms with E-state index in [-0.39, 0.29) is 41.7 Å². The zero-order chi connectivity index (χ0) is 31.6. The van der Waals surface area contributed by atoms with E-state index in [0.717, 1.165) is 12.1 Å². The number of carbonyl (C=O) groups is 2. The van der Waals surface area contributed by atoms with Crippen LogP contribution in [0.5, 0.6) is 0 Å².